The van der Waals surface area contributed by atoms with E-state index in [9.17, 15) is 0 Å². The van der Waals surface area contributed by atoms with Crippen LogP contribution in [0, 0.1) is 0 Å². The molecule has 0 radical (unpaired) electrons. The van der Waals surface area contributed by atoms with Gasteiger partial charge in [-0.2, -0.15) is 0 Å². The lowest BCUT2D eigenvalue weighted by atomic mass is 10.3. The highest BCUT2D eigenvalue weighted by Gasteiger charge is 1.97. The SMILES string of the molecule is CCOc1ccc(Oc2ccccn2)cc1. The summed E-state index contributed by atoms with van der Waals surface area (Å²) in [7, 11) is 0. The molecule has 0 fully saturated rings. The maximum absolute atomic E-state index is 5.54. The Morgan fingerprint density at radius 3 is 2.38 bits per heavy atom. The number of hydrogen-bond donors (Lipinski definition) is 0. The van der Waals surface area contributed by atoms with Crippen LogP contribution in [0.15, 0.2) is 48.7 Å². The van der Waals surface area contributed by atoms with Crippen molar-refractivity contribution in [3.8, 4) is 17.4 Å². The maximum atomic E-state index is 5.54. The molecule has 0 bridgehead atoms. The Labute approximate surface area is 94.7 Å². The molecule has 1 aromatic carbocycles. The Balaban J connectivity index is 2.05. The fourth-order valence-corrected chi connectivity index (χ4v) is 1.30. The fourth-order valence-electron chi connectivity index (χ4n) is 1.30. The largest absolute Gasteiger partial charge is 0.494 e. The summed E-state index contributed by atoms with van der Waals surface area (Å²) in [4.78, 5) is 4.08. The maximum Gasteiger partial charge on any atom is 0.219 e. The number of ether oxygens (including phenoxy) is 2. The van der Waals surface area contributed by atoms with E-state index in [0.717, 1.165) is 11.5 Å². The molecule has 3 nitrogen and oxygen atoms in total. The third-order valence-electron chi connectivity index (χ3n) is 1.99. The fraction of sp³-hybridized carbons (Fsp3) is 0.154. The molecule has 0 N–H and O–H groups in total. The van der Waals surface area contributed by atoms with Gasteiger partial charge in [0, 0.05) is 12.3 Å². The van der Waals surface area contributed by atoms with E-state index < -0.39 is 0 Å². The number of aromatic nitrogens is 1. The minimum absolute atomic E-state index is 0.589. The van der Waals surface area contributed by atoms with Crippen LogP contribution in [0.2, 0.25) is 0 Å². The van der Waals surface area contributed by atoms with Crippen LogP contribution in [0.3, 0.4) is 0 Å². The van der Waals surface area contributed by atoms with E-state index in [0.29, 0.717) is 12.5 Å². The average Bonchev–Trinajstić information content (AvgIpc) is 2.33. The summed E-state index contributed by atoms with van der Waals surface area (Å²) in [6, 6.07) is 13.0. The molecule has 0 atom stereocenters. The molecule has 0 unspecified atom stereocenters. The van der Waals surface area contributed by atoms with Gasteiger partial charge in [-0.15, -0.1) is 0 Å². The molecule has 2 aromatic rings. The summed E-state index contributed by atoms with van der Waals surface area (Å²) in [5, 5.41) is 0. The molecule has 0 spiro atoms. The van der Waals surface area contributed by atoms with Gasteiger partial charge < -0.3 is 9.47 Å². The predicted molar refractivity (Wildman–Crippen MR) is 61.9 cm³/mol. The first-order chi connectivity index (χ1) is 7.88. The molecular formula is C13H13NO2. The van der Waals surface area contributed by atoms with Crippen molar-refractivity contribution in [3.05, 3.63) is 48.7 Å². The minimum atomic E-state index is 0.589. The topological polar surface area (TPSA) is 31.4 Å². The Morgan fingerprint density at radius 2 is 1.75 bits per heavy atom. The van der Waals surface area contributed by atoms with Crippen molar-refractivity contribution in [1.82, 2.24) is 4.98 Å². The van der Waals surface area contributed by atoms with E-state index in [1.807, 2.05) is 49.4 Å². The van der Waals surface area contributed by atoms with Crippen LogP contribution >= 0.6 is 0 Å². The number of nitrogens with zero attached hydrogens (tertiary/aromatic N) is 1. The van der Waals surface area contributed by atoms with E-state index in [1.165, 1.54) is 0 Å². The van der Waals surface area contributed by atoms with Crippen molar-refractivity contribution >= 4 is 0 Å². The van der Waals surface area contributed by atoms with E-state index in [-0.39, 0.29) is 0 Å². The van der Waals surface area contributed by atoms with Crippen LogP contribution in [0.1, 0.15) is 6.92 Å². The van der Waals surface area contributed by atoms with Crippen molar-refractivity contribution < 1.29 is 9.47 Å². The van der Waals surface area contributed by atoms with Gasteiger partial charge in [-0.25, -0.2) is 4.98 Å². The van der Waals surface area contributed by atoms with Crippen LogP contribution in [0.25, 0.3) is 0 Å². The summed E-state index contributed by atoms with van der Waals surface area (Å²) in [6.45, 7) is 2.62. The molecule has 2 rings (SSSR count). The number of pyridine rings is 1. The molecule has 0 aliphatic rings. The molecule has 0 aliphatic heterocycles. The van der Waals surface area contributed by atoms with Crippen molar-refractivity contribution in [1.29, 1.82) is 0 Å². The first kappa shape index (κ1) is 10.5. The zero-order valence-electron chi connectivity index (χ0n) is 9.09. The van der Waals surface area contributed by atoms with Crippen molar-refractivity contribution in [2.75, 3.05) is 6.61 Å². The summed E-state index contributed by atoms with van der Waals surface area (Å²) >= 11 is 0. The highest BCUT2D eigenvalue weighted by Crippen LogP contribution is 2.21. The number of benzene rings is 1. The second kappa shape index (κ2) is 5.16. The van der Waals surface area contributed by atoms with Gasteiger partial charge in [0.05, 0.1) is 6.61 Å². The standard InChI is InChI=1S/C13H13NO2/c1-2-15-11-6-8-12(9-7-11)16-13-5-3-4-10-14-13/h3-10H,2H2,1H3. The van der Waals surface area contributed by atoms with Gasteiger partial charge in [0.2, 0.25) is 5.88 Å². The summed E-state index contributed by atoms with van der Waals surface area (Å²) in [5.41, 5.74) is 0. The van der Waals surface area contributed by atoms with Gasteiger partial charge in [-0.05, 0) is 37.3 Å². The molecule has 0 aliphatic carbocycles. The lowest BCUT2D eigenvalue weighted by Crippen LogP contribution is -1.91. The highest BCUT2D eigenvalue weighted by atomic mass is 16.5. The Kier molecular flexibility index (Phi) is 3.38. The molecule has 82 valence electrons. The second-order valence-electron chi connectivity index (χ2n) is 3.17. The third-order valence-corrected chi connectivity index (χ3v) is 1.99. The normalized spacial score (nSPS) is 9.81. The van der Waals surface area contributed by atoms with Crippen LogP contribution in [0.5, 0.6) is 17.4 Å². The third kappa shape index (κ3) is 2.73. The van der Waals surface area contributed by atoms with E-state index in [4.69, 9.17) is 9.47 Å². The quantitative estimate of drug-likeness (QED) is 0.784. The minimum Gasteiger partial charge on any atom is -0.494 e. The lowest BCUT2D eigenvalue weighted by molar-refractivity contribution is 0.339. The molecule has 3 heteroatoms. The van der Waals surface area contributed by atoms with Crippen LogP contribution in [-0.4, -0.2) is 11.6 Å². The van der Waals surface area contributed by atoms with Gasteiger partial charge >= 0.3 is 0 Å². The zero-order valence-corrected chi connectivity index (χ0v) is 9.09. The van der Waals surface area contributed by atoms with Crippen molar-refractivity contribution in [2.24, 2.45) is 0 Å². The molecule has 0 saturated heterocycles. The first-order valence-electron chi connectivity index (χ1n) is 5.20. The summed E-state index contributed by atoms with van der Waals surface area (Å²) in [5.74, 6) is 2.18. The Bertz CT molecular complexity index is 425. The Hall–Kier alpha value is -2.03. The van der Waals surface area contributed by atoms with E-state index in [1.54, 1.807) is 6.20 Å². The number of rotatable bonds is 4. The first-order valence-corrected chi connectivity index (χ1v) is 5.20. The monoisotopic (exact) mass is 215 g/mol. The second-order valence-corrected chi connectivity index (χ2v) is 3.17. The predicted octanol–water partition coefficient (Wildman–Crippen LogP) is 3.27. The molecule has 1 aromatic heterocycles. The van der Waals surface area contributed by atoms with Gasteiger partial charge in [0.25, 0.3) is 0 Å². The highest BCUT2D eigenvalue weighted by molar-refractivity contribution is 5.33. The summed E-state index contributed by atoms with van der Waals surface area (Å²) in [6.07, 6.45) is 1.70. The Morgan fingerprint density at radius 1 is 1.00 bits per heavy atom. The zero-order chi connectivity index (χ0) is 11.2. The average molecular weight is 215 g/mol. The van der Waals surface area contributed by atoms with Crippen LogP contribution < -0.4 is 9.47 Å². The molecule has 1 heterocycles. The summed E-state index contributed by atoms with van der Waals surface area (Å²) < 4.78 is 10.9. The van der Waals surface area contributed by atoms with Gasteiger partial charge in [0.15, 0.2) is 0 Å². The van der Waals surface area contributed by atoms with E-state index >= 15 is 0 Å². The number of hydrogen-bond acceptors (Lipinski definition) is 3. The van der Waals surface area contributed by atoms with E-state index in [2.05, 4.69) is 4.98 Å². The van der Waals surface area contributed by atoms with Gasteiger partial charge in [-0.3, -0.25) is 0 Å². The van der Waals surface area contributed by atoms with Gasteiger partial charge in [-0.1, -0.05) is 6.07 Å². The van der Waals surface area contributed by atoms with Gasteiger partial charge in [0.1, 0.15) is 11.5 Å². The van der Waals surface area contributed by atoms with Crippen LogP contribution in [-0.2, 0) is 0 Å². The van der Waals surface area contributed by atoms with Crippen LogP contribution in [0.4, 0.5) is 0 Å². The van der Waals surface area contributed by atoms with Crippen molar-refractivity contribution in [2.45, 2.75) is 6.92 Å². The molecule has 0 saturated carbocycles. The lowest BCUT2D eigenvalue weighted by Gasteiger charge is -2.06. The molecule has 16 heavy (non-hydrogen) atoms. The smallest absolute Gasteiger partial charge is 0.219 e. The molecular weight excluding hydrogens is 202 g/mol. The van der Waals surface area contributed by atoms with Crippen molar-refractivity contribution in [3.63, 3.8) is 0 Å². The molecule has 0 amide bonds.